The lowest BCUT2D eigenvalue weighted by Gasteiger charge is -2.40. The lowest BCUT2D eigenvalue weighted by atomic mass is 10.0. The number of rotatable bonds is 9. The van der Waals surface area contributed by atoms with E-state index in [0.29, 0.717) is 23.6 Å². The van der Waals surface area contributed by atoms with Crippen molar-refractivity contribution >= 4 is 17.3 Å². The second kappa shape index (κ2) is 11.8. The second-order valence-corrected chi connectivity index (χ2v) is 9.14. The van der Waals surface area contributed by atoms with E-state index in [9.17, 15) is 4.79 Å². The van der Waals surface area contributed by atoms with Crippen LogP contribution in [0.3, 0.4) is 0 Å². The summed E-state index contributed by atoms with van der Waals surface area (Å²) in [5.41, 5.74) is 4.09. The smallest absolute Gasteiger partial charge is 0.255 e. The molecule has 3 aromatic rings. The number of ether oxygens (including phenoxy) is 2. The molecule has 1 fully saturated rings. The van der Waals surface area contributed by atoms with Gasteiger partial charge in [0.25, 0.3) is 5.91 Å². The number of anilines is 2. The molecule has 7 nitrogen and oxygen atoms in total. The molecule has 0 bridgehead atoms. The predicted octanol–water partition coefficient (Wildman–Crippen LogP) is 4.06. The molecule has 190 valence electrons. The van der Waals surface area contributed by atoms with E-state index in [4.69, 9.17) is 9.47 Å². The van der Waals surface area contributed by atoms with E-state index in [1.165, 1.54) is 11.3 Å². The van der Waals surface area contributed by atoms with Gasteiger partial charge in [-0.05, 0) is 42.0 Å². The highest BCUT2D eigenvalue weighted by Crippen LogP contribution is 2.27. The van der Waals surface area contributed by atoms with Crippen LogP contribution in [0.15, 0.2) is 72.8 Å². The quantitative estimate of drug-likeness (QED) is 0.490. The Morgan fingerprint density at radius 3 is 2.22 bits per heavy atom. The lowest BCUT2D eigenvalue weighted by molar-refractivity contribution is 0.0927. The molecule has 0 saturated carbocycles. The third-order valence-electron chi connectivity index (χ3n) is 6.78. The third-order valence-corrected chi connectivity index (χ3v) is 6.78. The molecule has 1 heterocycles. The maximum Gasteiger partial charge on any atom is 0.255 e. The molecule has 1 aliphatic heterocycles. The van der Waals surface area contributed by atoms with Gasteiger partial charge in [-0.3, -0.25) is 9.69 Å². The fourth-order valence-electron chi connectivity index (χ4n) is 4.65. The van der Waals surface area contributed by atoms with Gasteiger partial charge in [-0.2, -0.15) is 0 Å². The van der Waals surface area contributed by atoms with Crippen LogP contribution in [-0.4, -0.2) is 71.8 Å². The zero-order valence-electron chi connectivity index (χ0n) is 21.6. The Kier molecular flexibility index (Phi) is 8.33. The Hall–Kier alpha value is -3.71. The van der Waals surface area contributed by atoms with Gasteiger partial charge in [-0.15, -0.1) is 0 Å². The Bertz CT molecular complexity index is 1130. The van der Waals surface area contributed by atoms with Crippen LogP contribution in [-0.2, 0) is 0 Å². The van der Waals surface area contributed by atoms with E-state index >= 15 is 0 Å². The van der Waals surface area contributed by atoms with E-state index in [0.717, 1.165) is 31.9 Å². The molecule has 0 aromatic heterocycles. The van der Waals surface area contributed by atoms with Crippen molar-refractivity contribution in [3.63, 3.8) is 0 Å². The van der Waals surface area contributed by atoms with Gasteiger partial charge in [0.05, 0.1) is 25.8 Å². The zero-order valence-corrected chi connectivity index (χ0v) is 21.6. The highest BCUT2D eigenvalue weighted by Gasteiger charge is 2.26. The first-order chi connectivity index (χ1) is 17.5. The number of para-hydroxylation sites is 1. The number of carbonyl (C=O) groups excluding carboxylic acids is 1. The van der Waals surface area contributed by atoms with Crippen LogP contribution in [0, 0.1) is 0 Å². The average Bonchev–Trinajstić information content (AvgIpc) is 2.93. The van der Waals surface area contributed by atoms with Crippen LogP contribution in [0.5, 0.6) is 11.5 Å². The van der Waals surface area contributed by atoms with E-state index in [2.05, 4.69) is 68.5 Å². The van der Waals surface area contributed by atoms with Crippen molar-refractivity contribution in [1.82, 2.24) is 10.2 Å². The van der Waals surface area contributed by atoms with E-state index in [-0.39, 0.29) is 11.9 Å². The number of methoxy groups -OCH3 is 2. The van der Waals surface area contributed by atoms with Crippen molar-refractivity contribution in [3.8, 4) is 11.5 Å². The standard InChI is InChI=1S/C29H36N4O3/c1-31(2)23-12-10-22(11-13-23)27(33-18-16-32(17-19-33)24-8-6-5-7-9-24)21-30-29(34)26-15-14-25(35-3)20-28(26)36-4/h5-15,20,27H,16-19,21H2,1-4H3,(H,30,34). The predicted molar refractivity (Wildman–Crippen MR) is 146 cm³/mol. The Morgan fingerprint density at radius 1 is 0.917 bits per heavy atom. The van der Waals surface area contributed by atoms with Gasteiger partial charge in [-0.1, -0.05) is 30.3 Å². The number of hydrogen-bond acceptors (Lipinski definition) is 6. The zero-order chi connectivity index (χ0) is 25.5. The summed E-state index contributed by atoms with van der Waals surface area (Å²) in [6.45, 7) is 4.21. The van der Waals surface area contributed by atoms with Gasteiger partial charge in [-0.25, -0.2) is 0 Å². The molecule has 1 unspecified atom stereocenters. The molecule has 1 amide bonds. The SMILES string of the molecule is COc1ccc(C(=O)NCC(c2ccc(N(C)C)cc2)N2CCN(c3ccccc3)CC2)c(OC)c1. The summed E-state index contributed by atoms with van der Waals surface area (Å²) in [4.78, 5) is 20.1. The van der Waals surface area contributed by atoms with Gasteiger partial charge in [0.15, 0.2) is 0 Å². The van der Waals surface area contributed by atoms with Crippen molar-refractivity contribution in [2.24, 2.45) is 0 Å². The van der Waals surface area contributed by atoms with Crippen LogP contribution in [0.4, 0.5) is 11.4 Å². The molecule has 1 N–H and O–H groups in total. The Balaban J connectivity index is 1.50. The molecule has 1 saturated heterocycles. The number of carbonyl (C=O) groups is 1. The van der Waals surface area contributed by atoms with E-state index in [1.54, 1.807) is 32.4 Å². The minimum Gasteiger partial charge on any atom is -0.497 e. The fourth-order valence-corrected chi connectivity index (χ4v) is 4.65. The number of nitrogens with one attached hydrogen (secondary N) is 1. The number of nitrogens with zero attached hydrogens (tertiary/aromatic N) is 3. The van der Waals surface area contributed by atoms with Gasteiger partial charge in [0.1, 0.15) is 11.5 Å². The highest BCUT2D eigenvalue weighted by molar-refractivity contribution is 5.97. The van der Waals surface area contributed by atoms with Crippen molar-refractivity contribution in [1.29, 1.82) is 0 Å². The summed E-state index contributed by atoms with van der Waals surface area (Å²) >= 11 is 0. The molecule has 36 heavy (non-hydrogen) atoms. The second-order valence-electron chi connectivity index (χ2n) is 9.14. The summed E-state index contributed by atoms with van der Waals surface area (Å²) < 4.78 is 10.7. The molecule has 0 aliphatic carbocycles. The summed E-state index contributed by atoms with van der Waals surface area (Å²) in [5, 5.41) is 3.16. The summed E-state index contributed by atoms with van der Waals surface area (Å²) in [6.07, 6.45) is 0. The van der Waals surface area contributed by atoms with E-state index < -0.39 is 0 Å². The minimum absolute atomic E-state index is 0.0623. The molecular formula is C29H36N4O3. The normalized spacial score (nSPS) is 14.7. The van der Waals surface area contributed by atoms with Crippen LogP contribution in [0.25, 0.3) is 0 Å². The summed E-state index contributed by atoms with van der Waals surface area (Å²) in [6, 6.07) is 24.5. The van der Waals surface area contributed by atoms with Gasteiger partial charge in [0, 0.05) is 64.3 Å². The number of amides is 1. The molecular weight excluding hydrogens is 452 g/mol. The molecule has 3 aromatic carbocycles. The molecule has 1 atom stereocenters. The number of piperazine rings is 1. The minimum atomic E-state index is -0.160. The van der Waals surface area contributed by atoms with Crippen molar-refractivity contribution in [2.75, 3.05) is 70.8 Å². The topological polar surface area (TPSA) is 57.3 Å². The van der Waals surface area contributed by atoms with Gasteiger partial charge >= 0.3 is 0 Å². The monoisotopic (exact) mass is 488 g/mol. The van der Waals surface area contributed by atoms with Crippen LogP contribution >= 0.6 is 0 Å². The largest absolute Gasteiger partial charge is 0.497 e. The maximum atomic E-state index is 13.2. The Labute approximate surface area is 214 Å². The van der Waals surface area contributed by atoms with Crippen molar-refractivity contribution in [3.05, 3.63) is 83.9 Å². The first kappa shape index (κ1) is 25.4. The van der Waals surface area contributed by atoms with Crippen LogP contribution < -0.4 is 24.6 Å². The highest BCUT2D eigenvalue weighted by atomic mass is 16.5. The van der Waals surface area contributed by atoms with E-state index in [1.807, 2.05) is 20.2 Å². The molecule has 0 spiro atoms. The first-order valence-electron chi connectivity index (χ1n) is 12.3. The summed E-state index contributed by atoms with van der Waals surface area (Å²) in [7, 11) is 7.24. The number of benzene rings is 3. The molecule has 0 radical (unpaired) electrons. The Morgan fingerprint density at radius 2 is 1.61 bits per heavy atom. The summed E-state index contributed by atoms with van der Waals surface area (Å²) in [5.74, 6) is 0.987. The first-order valence-corrected chi connectivity index (χ1v) is 12.3. The van der Waals surface area contributed by atoms with Crippen molar-refractivity contribution in [2.45, 2.75) is 6.04 Å². The molecule has 4 rings (SSSR count). The van der Waals surface area contributed by atoms with Crippen molar-refractivity contribution < 1.29 is 14.3 Å². The molecule has 1 aliphatic rings. The fraction of sp³-hybridized carbons (Fsp3) is 0.345. The van der Waals surface area contributed by atoms with Gasteiger partial charge in [0.2, 0.25) is 0 Å². The third kappa shape index (κ3) is 5.91. The molecule has 7 heteroatoms. The average molecular weight is 489 g/mol. The maximum absolute atomic E-state index is 13.2. The number of hydrogen-bond donors (Lipinski definition) is 1. The lowest BCUT2D eigenvalue weighted by Crippen LogP contribution is -2.50. The van der Waals surface area contributed by atoms with Crippen LogP contribution in [0.2, 0.25) is 0 Å². The van der Waals surface area contributed by atoms with Crippen LogP contribution in [0.1, 0.15) is 22.0 Å². The van der Waals surface area contributed by atoms with Gasteiger partial charge < -0.3 is 24.6 Å².